The van der Waals surface area contributed by atoms with Crippen molar-refractivity contribution < 1.29 is 14.3 Å². The summed E-state index contributed by atoms with van der Waals surface area (Å²) < 4.78 is 5.06. The van der Waals surface area contributed by atoms with Gasteiger partial charge in [0.15, 0.2) is 0 Å². The second kappa shape index (κ2) is 7.31. The van der Waals surface area contributed by atoms with Crippen molar-refractivity contribution in [1.29, 1.82) is 0 Å². The maximum Gasteiger partial charge on any atom is 0.308 e. The van der Waals surface area contributed by atoms with E-state index in [2.05, 4.69) is 10.0 Å². The second-order valence-corrected chi connectivity index (χ2v) is 5.79. The molecule has 2 aliphatic rings. The number of ether oxygens (including phenoxy) is 1. The molecule has 0 spiro atoms. The van der Waals surface area contributed by atoms with E-state index in [4.69, 9.17) is 10.3 Å². The molecule has 2 rings (SSSR count). The first kappa shape index (κ1) is 15.6. The maximum absolute atomic E-state index is 12.1. The monoisotopic (exact) mass is 294 g/mol. The zero-order valence-corrected chi connectivity index (χ0v) is 12.4. The van der Waals surface area contributed by atoms with E-state index in [1.807, 2.05) is 11.8 Å². The summed E-state index contributed by atoms with van der Waals surface area (Å²) in [6.07, 6.45) is 3.74. The van der Waals surface area contributed by atoms with Gasteiger partial charge in [0, 0.05) is 30.5 Å². The lowest BCUT2D eigenvalue weighted by molar-refractivity contribution is -0.149. The van der Waals surface area contributed by atoms with Crippen LogP contribution >= 0.6 is 0 Å². The van der Waals surface area contributed by atoms with Crippen molar-refractivity contribution in [3.05, 3.63) is 10.4 Å². The van der Waals surface area contributed by atoms with Crippen LogP contribution in [-0.2, 0) is 14.3 Å². The quantitative estimate of drug-likeness (QED) is 0.337. The van der Waals surface area contributed by atoms with Crippen LogP contribution < -0.4 is 0 Å². The molecule has 1 aliphatic heterocycles. The van der Waals surface area contributed by atoms with E-state index in [1.165, 1.54) is 0 Å². The summed E-state index contributed by atoms with van der Waals surface area (Å²) >= 11 is 0. The lowest BCUT2D eigenvalue weighted by Crippen LogP contribution is -2.40. The Balaban J connectivity index is 1.83. The summed E-state index contributed by atoms with van der Waals surface area (Å²) in [6.45, 7) is 3.30. The molecular weight excluding hydrogens is 272 g/mol. The number of esters is 1. The van der Waals surface area contributed by atoms with Gasteiger partial charge in [0.25, 0.3) is 0 Å². The molecule has 7 heteroatoms. The minimum atomic E-state index is -0.107. The summed E-state index contributed by atoms with van der Waals surface area (Å²) in [4.78, 5) is 28.4. The van der Waals surface area contributed by atoms with Crippen molar-refractivity contribution in [2.24, 2.45) is 17.0 Å². The number of azide groups is 1. The van der Waals surface area contributed by atoms with Crippen LogP contribution in [0.3, 0.4) is 0 Å². The molecular formula is C14H22N4O3. The average molecular weight is 294 g/mol. The maximum atomic E-state index is 12.1. The SMILES string of the molecule is CCOC(=O)C1CCC(N2CC(CN=[N+]=[N-])CC2=O)CC1. The fraction of sp³-hybridized carbons (Fsp3) is 0.857. The lowest BCUT2D eigenvalue weighted by Gasteiger charge is -2.34. The van der Waals surface area contributed by atoms with Crippen molar-refractivity contribution >= 4 is 11.9 Å². The van der Waals surface area contributed by atoms with Gasteiger partial charge in [0.2, 0.25) is 5.91 Å². The number of hydrogen-bond donors (Lipinski definition) is 0. The van der Waals surface area contributed by atoms with E-state index >= 15 is 0 Å². The van der Waals surface area contributed by atoms with Crippen LogP contribution in [0.2, 0.25) is 0 Å². The molecule has 7 nitrogen and oxygen atoms in total. The highest BCUT2D eigenvalue weighted by Gasteiger charge is 2.37. The fourth-order valence-electron chi connectivity index (χ4n) is 3.32. The summed E-state index contributed by atoms with van der Waals surface area (Å²) in [5.74, 6) is 0.159. The Morgan fingerprint density at radius 3 is 2.76 bits per heavy atom. The molecule has 21 heavy (non-hydrogen) atoms. The first-order chi connectivity index (χ1) is 10.2. The Hall–Kier alpha value is -1.75. The predicted molar refractivity (Wildman–Crippen MR) is 76.2 cm³/mol. The summed E-state index contributed by atoms with van der Waals surface area (Å²) in [6, 6.07) is 0.222. The van der Waals surface area contributed by atoms with Gasteiger partial charge in [-0.1, -0.05) is 5.11 Å². The van der Waals surface area contributed by atoms with Crippen molar-refractivity contribution in [2.75, 3.05) is 19.7 Å². The van der Waals surface area contributed by atoms with Gasteiger partial charge >= 0.3 is 5.97 Å². The summed E-state index contributed by atoms with van der Waals surface area (Å²) in [5, 5.41) is 3.56. The van der Waals surface area contributed by atoms with Crippen molar-refractivity contribution in [3.63, 3.8) is 0 Å². The molecule has 1 aliphatic carbocycles. The highest BCUT2D eigenvalue weighted by molar-refractivity contribution is 5.79. The molecule has 1 saturated heterocycles. The number of nitrogens with zero attached hydrogens (tertiary/aromatic N) is 4. The van der Waals surface area contributed by atoms with Crippen LogP contribution in [-0.4, -0.2) is 42.5 Å². The van der Waals surface area contributed by atoms with Gasteiger partial charge in [-0.2, -0.15) is 0 Å². The van der Waals surface area contributed by atoms with Crippen molar-refractivity contribution in [2.45, 2.75) is 45.1 Å². The zero-order chi connectivity index (χ0) is 15.2. The van der Waals surface area contributed by atoms with Crippen LogP contribution in [0.15, 0.2) is 5.11 Å². The molecule has 0 radical (unpaired) electrons. The van der Waals surface area contributed by atoms with E-state index < -0.39 is 0 Å². The molecule has 0 aromatic heterocycles. The fourth-order valence-corrected chi connectivity index (χ4v) is 3.32. The molecule has 0 bridgehead atoms. The Kier molecular flexibility index (Phi) is 5.44. The predicted octanol–water partition coefficient (Wildman–Crippen LogP) is 2.27. The van der Waals surface area contributed by atoms with E-state index in [1.54, 1.807) is 0 Å². The highest BCUT2D eigenvalue weighted by atomic mass is 16.5. The van der Waals surface area contributed by atoms with E-state index in [-0.39, 0.29) is 29.8 Å². The molecule has 1 amide bonds. The lowest BCUT2D eigenvalue weighted by atomic mass is 9.85. The van der Waals surface area contributed by atoms with Gasteiger partial charge in [-0.05, 0) is 44.1 Å². The smallest absolute Gasteiger partial charge is 0.308 e. The highest BCUT2D eigenvalue weighted by Crippen LogP contribution is 2.32. The van der Waals surface area contributed by atoms with Crippen LogP contribution in [0.1, 0.15) is 39.0 Å². The Morgan fingerprint density at radius 2 is 2.14 bits per heavy atom. The van der Waals surface area contributed by atoms with Gasteiger partial charge < -0.3 is 9.64 Å². The van der Waals surface area contributed by atoms with Crippen LogP contribution in [0.4, 0.5) is 0 Å². The third-order valence-electron chi connectivity index (χ3n) is 4.40. The van der Waals surface area contributed by atoms with Gasteiger partial charge in [-0.25, -0.2) is 0 Å². The van der Waals surface area contributed by atoms with Gasteiger partial charge in [0.05, 0.1) is 12.5 Å². The van der Waals surface area contributed by atoms with Crippen molar-refractivity contribution in [3.8, 4) is 0 Å². The minimum absolute atomic E-state index is 0.0158. The average Bonchev–Trinajstić information content (AvgIpc) is 2.86. The number of likely N-dealkylation sites (tertiary alicyclic amines) is 1. The minimum Gasteiger partial charge on any atom is -0.466 e. The van der Waals surface area contributed by atoms with Crippen LogP contribution in [0.5, 0.6) is 0 Å². The molecule has 0 aromatic carbocycles. The number of carbonyl (C=O) groups is 2. The second-order valence-electron chi connectivity index (χ2n) is 5.79. The molecule has 116 valence electrons. The summed E-state index contributed by atoms with van der Waals surface area (Å²) in [7, 11) is 0. The number of carbonyl (C=O) groups excluding carboxylic acids is 2. The van der Waals surface area contributed by atoms with Gasteiger partial charge in [-0.15, -0.1) is 0 Å². The standard InChI is InChI=1S/C14H22N4O3/c1-2-21-14(20)11-3-5-12(6-4-11)18-9-10(7-13(18)19)8-16-17-15/h10-12H,2-9H2,1H3. The molecule has 0 aromatic rings. The van der Waals surface area contributed by atoms with Crippen LogP contribution in [0.25, 0.3) is 10.4 Å². The van der Waals surface area contributed by atoms with E-state index in [0.717, 1.165) is 25.7 Å². The zero-order valence-electron chi connectivity index (χ0n) is 12.4. The molecule has 1 unspecified atom stereocenters. The number of hydrogen-bond acceptors (Lipinski definition) is 4. The van der Waals surface area contributed by atoms with Crippen LogP contribution in [0, 0.1) is 11.8 Å². The van der Waals surface area contributed by atoms with E-state index in [0.29, 0.717) is 26.1 Å². The molecule has 1 saturated carbocycles. The summed E-state index contributed by atoms with van der Waals surface area (Å²) in [5.41, 5.74) is 8.35. The first-order valence-electron chi connectivity index (χ1n) is 7.62. The molecule has 1 atom stereocenters. The Labute approximate surface area is 124 Å². The largest absolute Gasteiger partial charge is 0.466 e. The Bertz CT molecular complexity index is 440. The number of amides is 1. The normalized spacial score (nSPS) is 29.1. The van der Waals surface area contributed by atoms with Gasteiger partial charge in [0.1, 0.15) is 0 Å². The van der Waals surface area contributed by atoms with Gasteiger partial charge in [-0.3, -0.25) is 9.59 Å². The molecule has 2 fully saturated rings. The molecule has 0 N–H and O–H groups in total. The number of rotatable bonds is 5. The van der Waals surface area contributed by atoms with E-state index in [9.17, 15) is 9.59 Å². The third-order valence-corrected chi connectivity index (χ3v) is 4.40. The first-order valence-corrected chi connectivity index (χ1v) is 7.62. The third kappa shape index (κ3) is 3.88. The van der Waals surface area contributed by atoms with Crippen molar-refractivity contribution in [1.82, 2.24) is 4.90 Å². The Morgan fingerprint density at radius 1 is 1.43 bits per heavy atom. The molecule has 1 heterocycles. The topological polar surface area (TPSA) is 95.4 Å².